The maximum absolute atomic E-state index is 14.1. The van der Waals surface area contributed by atoms with Crippen molar-refractivity contribution in [2.75, 3.05) is 46.0 Å². The quantitative estimate of drug-likeness (QED) is 0.0263. The predicted molar refractivity (Wildman–Crippen MR) is 247 cm³/mol. The monoisotopic (exact) mass is 973 g/mol. The molecule has 3 aliphatic rings. The van der Waals surface area contributed by atoms with Gasteiger partial charge in [0.1, 0.15) is 24.9 Å². The lowest BCUT2D eigenvalue weighted by Crippen LogP contribution is -2.42. The smallest absolute Gasteiger partial charge is 0.412 e. The molecule has 0 saturated carbocycles. The number of nitrogens with zero attached hydrogens (tertiary/aromatic N) is 3. The lowest BCUT2D eigenvalue weighted by atomic mass is 10.0. The Bertz CT molecular complexity index is 2070. The number of carbonyl (C=O) groups is 7. The Morgan fingerprint density at radius 1 is 0.677 bits per heavy atom. The van der Waals surface area contributed by atoms with Crippen LogP contribution in [-0.2, 0) is 38.2 Å². The molecule has 4 amide bonds. The second-order valence-corrected chi connectivity index (χ2v) is 19.5. The van der Waals surface area contributed by atoms with Crippen molar-refractivity contribution >= 4 is 89.0 Å². The summed E-state index contributed by atoms with van der Waals surface area (Å²) in [7, 11) is 0. The van der Waals surface area contributed by atoms with Crippen molar-refractivity contribution in [3.8, 4) is 17.6 Å². The first-order valence-corrected chi connectivity index (χ1v) is 24.6. The third-order valence-electron chi connectivity index (χ3n) is 9.66. The molecule has 0 bridgehead atoms. The van der Waals surface area contributed by atoms with E-state index in [4.69, 9.17) is 23.7 Å². The normalized spacial score (nSPS) is 14.3. The summed E-state index contributed by atoms with van der Waals surface area (Å²) in [4.78, 5) is 93.5. The van der Waals surface area contributed by atoms with Crippen LogP contribution >= 0.6 is 47.0 Å². The van der Waals surface area contributed by atoms with Gasteiger partial charge in [-0.3, -0.25) is 9.59 Å². The number of amides is 4. The first-order valence-electron chi connectivity index (χ1n) is 21.3. The van der Waals surface area contributed by atoms with Crippen molar-refractivity contribution in [1.29, 1.82) is 5.26 Å². The van der Waals surface area contributed by atoms with E-state index in [-0.39, 0.29) is 101 Å². The number of rotatable bonds is 23. The standard InChI is InChI=1S/C44H55N5O12S4/c1-9-13-16-27(12-4)24-59-40(54)28(23-45)41-62-32-30(60-43(55)46-17-21-57-38(52)25(5)6)34-35(31(33(32)63-41)61-44(56)47-18-22-58-39(53)26(7)8)65-42(64-34)29-36(50)48(19-14-10-2)49(37(29)51)20-15-11-3/h27H,5,7,9-22,24H2,1-4,6,8H3,(H,46,55)(H,47,56). The van der Waals surface area contributed by atoms with E-state index < -0.39 is 41.9 Å². The molecule has 4 rings (SSSR count). The van der Waals surface area contributed by atoms with Crippen LogP contribution in [0.5, 0.6) is 11.5 Å². The largest absolute Gasteiger partial charge is 0.461 e. The predicted octanol–water partition coefficient (Wildman–Crippen LogP) is 8.39. The number of nitrogens with one attached hydrogen (secondary N) is 2. The SMILES string of the molecule is C=C(C)C(=O)OCCNC(=O)Oc1c2c(c(OC(=O)NCCOC(=O)C(=C)C)c3c1SC(=C1C(=O)N(CCCC)N(CCCC)C1=O)S3)SC(=C(C#N)C(=O)OCC(CC)CCCC)S2. The molecule has 0 aliphatic carbocycles. The van der Waals surface area contributed by atoms with Crippen molar-refractivity contribution in [1.82, 2.24) is 20.7 Å². The number of unbranched alkanes of at least 4 members (excludes halogenated alkanes) is 3. The van der Waals surface area contributed by atoms with Crippen molar-refractivity contribution in [2.45, 2.75) is 112 Å². The van der Waals surface area contributed by atoms with Crippen LogP contribution in [0.15, 0.2) is 63.5 Å². The molecule has 0 spiro atoms. The van der Waals surface area contributed by atoms with E-state index in [0.29, 0.717) is 25.9 Å². The maximum Gasteiger partial charge on any atom is 0.412 e. The van der Waals surface area contributed by atoms with Crippen molar-refractivity contribution in [3.05, 3.63) is 43.9 Å². The molecule has 1 aromatic rings. The van der Waals surface area contributed by atoms with E-state index in [9.17, 15) is 38.8 Å². The third-order valence-corrected chi connectivity index (χ3v) is 14.9. The number of benzene rings is 1. The van der Waals surface area contributed by atoms with Gasteiger partial charge in [0, 0.05) is 24.2 Å². The highest BCUT2D eigenvalue weighted by molar-refractivity contribution is 8.26. The van der Waals surface area contributed by atoms with Gasteiger partial charge in [0.05, 0.1) is 47.8 Å². The van der Waals surface area contributed by atoms with Crippen LogP contribution < -0.4 is 20.1 Å². The summed E-state index contributed by atoms with van der Waals surface area (Å²) in [5.74, 6) is -3.24. The minimum Gasteiger partial charge on any atom is -0.461 e. The molecule has 0 radical (unpaired) electrons. The third kappa shape index (κ3) is 13.7. The van der Waals surface area contributed by atoms with E-state index in [0.717, 1.165) is 85.6 Å². The fourth-order valence-corrected chi connectivity index (χ4v) is 11.4. The molecule has 1 atom stereocenters. The first kappa shape index (κ1) is 52.6. The summed E-state index contributed by atoms with van der Waals surface area (Å²) in [5.41, 5.74) is -0.0898. The maximum atomic E-state index is 14.1. The average Bonchev–Trinajstić information content (AvgIpc) is 3.97. The Kier molecular flexibility index (Phi) is 20.7. The van der Waals surface area contributed by atoms with Gasteiger partial charge in [-0.1, -0.05) is 120 Å². The van der Waals surface area contributed by atoms with Gasteiger partial charge in [0.25, 0.3) is 11.8 Å². The van der Waals surface area contributed by atoms with Gasteiger partial charge < -0.3 is 34.3 Å². The van der Waals surface area contributed by atoms with E-state index in [1.807, 2.05) is 26.8 Å². The molecule has 1 unspecified atom stereocenters. The van der Waals surface area contributed by atoms with Crippen LogP contribution in [0.4, 0.5) is 9.59 Å². The fraction of sp³-hybridized carbons (Fsp3) is 0.500. The summed E-state index contributed by atoms with van der Waals surface area (Å²) in [6, 6.07) is 1.96. The summed E-state index contributed by atoms with van der Waals surface area (Å²) in [6.07, 6.45) is 4.43. The van der Waals surface area contributed by atoms with Gasteiger partial charge in [0.15, 0.2) is 17.1 Å². The molecular weight excluding hydrogens is 919 g/mol. The summed E-state index contributed by atoms with van der Waals surface area (Å²) >= 11 is 3.75. The zero-order valence-corrected chi connectivity index (χ0v) is 40.7. The molecule has 3 heterocycles. The Labute approximate surface area is 396 Å². The van der Waals surface area contributed by atoms with Crippen LogP contribution in [0.25, 0.3) is 0 Å². The molecule has 1 fully saturated rings. The number of ether oxygens (including phenoxy) is 5. The Hall–Kier alpha value is -5.04. The van der Waals surface area contributed by atoms with Gasteiger partial charge in [-0.25, -0.2) is 34.0 Å². The van der Waals surface area contributed by atoms with E-state index >= 15 is 0 Å². The second-order valence-electron chi connectivity index (χ2n) is 14.9. The fourth-order valence-electron chi connectivity index (χ4n) is 6.03. The minimum absolute atomic E-state index is 0.0775. The molecule has 3 aliphatic heterocycles. The van der Waals surface area contributed by atoms with Gasteiger partial charge in [0.2, 0.25) is 0 Å². The molecule has 352 valence electrons. The van der Waals surface area contributed by atoms with E-state index in [1.54, 1.807) is 0 Å². The van der Waals surface area contributed by atoms with Crippen molar-refractivity contribution in [3.63, 3.8) is 0 Å². The van der Waals surface area contributed by atoms with Crippen LogP contribution in [0.3, 0.4) is 0 Å². The number of nitriles is 1. The highest BCUT2D eigenvalue weighted by Crippen LogP contribution is 2.68. The van der Waals surface area contributed by atoms with Crippen molar-refractivity contribution < 1.29 is 57.2 Å². The Balaban J connectivity index is 1.84. The molecular formula is C44H55N5O12S4. The topological polar surface area (TPSA) is 220 Å². The van der Waals surface area contributed by atoms with Gasteiger partial charge in [-0.05, 0) is 39.0 Å². The summed E-state index contributed by atoms with van der Waals surface area (Å²) in [5, 5.41) is 18.3. The van der Waals surface area contributed by atoms with Crippen LogP contribution in [0.1, 0.15) is 92.9 Å². The van der Waals surface area contributed by atoms with Gasteiger partial charge >= 0.3 is 30.1 Å². The van der Waals surface area contributed by atoms with Crippen molar-refractivity contribution in [2.24, 2.45) is 5.92 Å². The zero-order chi connectivity index (χ0) is 47.8. The molecule has 21 heteroatoms. The lowest BCUT2D eigenvalue weighted by Gasteiger charge is -2.27. The van der Waals surface area contributed by atoms with Gasteiger partial charge in [-0.15, -0.1) is 0 Å². The Morgan fingerprint density at radius 2 is 1.12 bits per heavy atom. The van der Waals surface area contributed by atoms with Crippen LogP contribution in [-0.4, -0.2) is 97.9 Å². The number of carbonyl (C=O) groups excluding carboxylic acids is 7. The number of hydrazine groups is 1. The highest BCUT2D eigenvalue weighted by Gasteiger charge is 2.46. The van der Waals surface area contributed by atoms with E-state index in [1.165, 1.54) is 23.9 Å². The number of thioether (sulfide) groups is 4. The number of hydrogen-bond acceptors (Lipinski definition) is 17. The summed E-state index contributed by atoms with van der Waals surface area (Å²) < 4.78 is 28.2. The minimum atomic E-state index is -0.978. The Morgan fingerprint density at radius 3 is 1.52 bits per heavy atom. The van der Waals surface area contributed by atoms with Crippen LogP contribution in [0, 0.1) is 17.2 Å². The van der Waals surface area contributed by atoms with Gasteiger partial charge in [-0.2, -0.15) is 5.26 Å². The molecule has 17 nitrogen and oxygen atoms in total. The number of hydrogen-bond donors (Lipinski definition) is 2. The zero-order valence-electron chi connectivity index (χ0n) is 37.5. The molecule has 1 saturated heterocycles. The average molecular weight is 974 g/mol. The number of esters is 3. The first-order chi connectivity index (χ1) is 31.1. The number of fused-ring (bicyclic) bond motifs is 2. The van der Waals surface area contributed by atoms with E-state index in [2.05, 4.69) is 30.7 Å². The molecule has 1 aromatic carbocycles. The molecule has 0 aromatic heterocycles. The second kappa shape index (κ2) is 25.6. The van der Waals surface area contributed by atoms with Crippen LogP contribution in [0.2, 0.25) is 0 Å². The lowest BCUT2D eigenvalue weighted by molar-refractivity contribution is -0.147. The highest BCUT2D eigenvalue weighted by atomic mass is 32.2. The molecule has 65 heavy (non-hydrogen) atoms. The summed E-state index contributed by atoms with van der Waals surface area (Å²) in [6.45, 7) is 18.1. The molecule has 2 N–H and O–H groups in total.